The molecule has 1 aliphatic heterocycles. The minimum absolute atomic E-state index is 0.0217. The van der Waals surface area contributed by atoms with Gasteiger partial charge in [-0.05, 0) is 38.6 Å². The fourth-order valence-corrected chi connectivity index (χ4v) is 2.68. The Hall–Kier alpha value is -1.86. The van der Waals surface area contributed by atoms with Crippen LogP contribution in [0.5, 0.6) is 0 Å². The smallest absolute Gasteiger partial charge is 0.245 e. The minimum Gasteiger partial charge on any atom is -0.307 e. The molecule has 1 aromatic rings. The van der Waals surface area contributed by atoms with Crippen molar-refractivity contribution in [3.63, 3.8) is 0 Å². The molecule has 0 bridgehead atoms. The predicted octanol–water partition coefficient (Wildman–Crippen LogP) is 1.94. The van der Waals surface area contributed by atoms with E-state index in [1.807, 2.05) is 55.0 Å². The third kappa shape index (κ3) is 2.61. The van der Waals surface area contributed by atoms with Crippen molar-refractivity contribution in [1.29, 1.82) is 5.26 Å². The standard InChI is InChI=1S/C15H19N3O/c1-11-5-4-6-13(9-11)18-12(2)10-17(3)14(7-8-16)15(18)19/h4-6,9,12,14H,7,10H2,1-3H3. The van der Waals surface area contributed by atoms with Gasteiger partial charge in [0.2, 0.25) is 5.91 Å². The van der Waals surface area contributed by atoms with Crippen LogP contribution in [0.25, 0.3) is 0 Å². The number of hydrogen-bond acceptors (Lipinski definition) is 3. The summed E-state index contributed by atoms with van der Waals surface area (Å²) < 4.78 is 0. The second-order valence-electron chi connectivity index (χ2n) is 5.21. The van der Waals surface area contributed by atoms with Gasteiger partial charge in [-0.3, -0.25) is 9.69 Å². The van der Waals surface area contributed by atoms with Gasteiger partial charge in [-0.15, -0.1) is 0 Å². The summed E-state index contributed by atoms with van der Waals surface area (Å²) in [6, 6.07) is 9.84. The molecule has 0 saturated carbocycles. The number of carbonyl (C=O) groups excluding carboxylic acids is 1. The molecular weight excluding hydrogens is 238 g/mol. The second-order valence-corrected chi connectivity index (χ2v) is 5.21. The van der Waals surface area contributed by atoms with Crippen LogP contribution in [0.15, 0.2) is 24.3 Å². The molecule has 2 atom stereocenters. The maximum Gasteiger partial charge on any atom is 0.245 e. The van der Waals surface area contributed by atoms with Crippen molar-refractivity contribution in [3.05, 3.63) is 29.8 Å². The summed E-state index contributed by atoms with van der Waals surface area (Å²) in [5.41, 5.74) is 2.06. The fraction of sp³-hybridized carbons (Fsp3) is 0.467. The molecule has 100 valence electrons. The van der Waals surface area contributed by atoms with Crippen LogP contribution in [0.1, 0.15) is 18.9 Å². The summed E-state index contributed by atoms with van der Waals surface area (Å²) in [7, 11) is 1.91. The van der Waals surface area contributed by atoms with Gasteiger partial charge >= 0.3 is 0 Å². The minimum atomic E-state index is -0.332. The van der Waals surface area contributed by atoms with Gasteiger partial charge in [-0.1, -0.05) is 12.1 Å². The van der Waals surface area contributed by atoms with E-state index in [1.165, 1.54) is 0 Å². The Kier molecular flexibility index (Phi) is 3.87. The lowest BCUT2D eigenvalue weighted by Crippen LogP contribution is -2.59. The third-order valence-corrected chi connectivity index (χ3v) is 3.61. The van der Waals surface area contributed by atoms with E-state index in [4.69, 9.17) is 5.26 Å². The summed E-state index contributed by atoms with van der Waals surface area (Å²) in [5.74, 6) is 0.0217. The van der Waals surface area contributed by atoms with Gasteiger partial charge in [0, 0.05) is 18.3 Å². The molecule has 0 aromatic heterocycles. The van der Waals surface area contributed by atoms with Crippen LogP contribution >= 0.6 is 0 Å². The number of aryl methyl sites for hydroxylation is 1. The lowest BCUT2D eigenvalue weighted by atomic mass is 10.0. The van der Waals surface area contributed by atoms with Crippen LogP contribution in [0.4, 0.5) is 5.69 Å². The summed E-state index contributed by atoms with van der Waals surface area (Å²) in [5, 5.41) is 8.87. The summed E-state index contributed by atoms with van der Waals surface area (Å²) in [6.07, 6.45) is 0.240. The monoisotopic (exact) mass is 257 g/mol. The van der Waals surface area contributed by atoms with E-state index < -0.39 is 0 Å². The topological polar surface area (TPSA) is 47.3 Å². The maximum absolute atomic E-state index is 12.6. The number of hydrogen-bond donors (Lipinski definition) is 0. The molecular formula is C15H19N3O. The quantitative estimate of drug-likeness (QED) is 0.813. The molecule has 1 fully saturated rings. The second kappa shape index (κ2) is 5.41. The van der Waals surface area contributed by atoms with E-state index in [0.29, 0.717) is 0 Å². The number of benzene rings is 1. The Labute approximate surface area is 114 Å². The van der Waals surface area contributed by atoms with Crippen molar-refractivity contribution in [2.24, 2.45) is 0 Å². The molecule has 1 aromatic carbocycles. The van der Waals surface area contributed by atoms with Crippen LogP contribution in [0, 0.1) is 18.3 Å². The van der Waals surface area contributed by atoms with Crippen molar-refractivity contribution < 1.29 is 4.79 Å². The third-order valence-electron chi connectivity index (χ3n) is 3.61. The lowest BCUT2D eigenvalue weighted by Gasteiger charge is -2.42. The fourth-order valence-electron chi connectivity index (χ4n) is 2.68. The summed E-state index contributed by atoms with van der Waals surface area (Å²) in [6.45, 7) is 4.84. The Bertz CT molecular complexity index is 520. The van der Waals surface area contributed by atoms with Crippen molar-refractivity contribution >= 4 is 11.6 Å². The van der Waals surface area contributed by atoms with E-state index in [2.05, 4.69) is 6.07 Å². The Balaban J connectivity index is 2.33. The van der Waals surface area contributed by atoms with Crippen molar-refractivity contribution in [2.75, 3.05) is 18.5 Å². The van der Waals surface area contributed by atoms with Crippen molar-refractivity contribution in [3.8, 4) is 6.07 Å². The zero-order valence-corrected chi connectivity index (χ0v) is 11.6. The van der Waals surface area contributed by atoms with Gasteiger partial charge in [0.15, 0.2) is 0 Å². The Morgan fingerprint density at radius 1 is 1.47 bits per heavy atom. The molecule has 2 rings (SSSR count). The van der Waals surface area contributed by atoms with Gasteiger partial charge in [0.1, 0.15) is 6.04 Å². The molecule has 1 saturated heterocycles. The van der Waals surface area contributed by atoms with Crippen LogP contribution in [-0.4, -0.2) is 36.5 Å². The van der Waals surface area contributed by atoms with E-state index >= 15 is 0 Å². The molecule has 0 aliphatic carbocycles. The number of rotatable bonds is 2. The molecule has 19 heavy (non-hydrogen) atoms. The number of likely N-dealkylation sites (N-methyl/N-ethyl adjacent to an activating group) is 1. The largest absolute Gasteiger partial charge is 0.307 e. The molecule has 1 heterocycles. The number of piperazine rings is 1. The number of anilines is 1. The SMILES string of the molecule is Cc1cccc(N2C(=O)C(CC#N)N(C)CC2C)c1. The summed E-state index contributed by atoms with van der Waals surface area (Å²) >= 11 is 0. The number of nitrogens with zero attached hydrogens (tertiary/aromatic N) is 3. The molecule has 4 nitrogen and oxygen atoms in total. The average molecular weight is 257 g/mol. The van der Waals surface area contributed by atoms with Crippen LogP contribution < -0.4 is 4.90 Å². The van der Waals surface area contributed by atoms with Crippen LogP contribution in [0.3, 0.4) is 0 Å². The Morgan fingerprint density at radius 2 is 2.21 bits per heavy atom. The van der Waals surface area contributed by atoms with Gasteiger partial charge in [0.05, 0.1) is 12.5 Å². The van der Waals surface area contributed by atoms with Crippen molar-refractivity contribution in [2.45, 2.75) is 32.4 Å². The highest BCUT2D eigenvalue weighted by Gasteiger charge is 2.37. The highest BCUT2D eigenvalue weighted by Crippen LogP contribution is 2.25. The lowest BCUT2D eigenvalue weighted by molar-refractivity contribution is -0.126. The zero-order chi connectivity index (χ0) is 14.0. The summed E-state index contributed by atoms with van der Waals surface area (Å²) in [4.78, 5) is 16.4. The first-order valence-corrected chi connectivity index (χ1v) is 6.51. The van der Waals surface area contributed by atoms with E-state index in [-0.39, 0.29) is 24.4 Å². The van der Waals surface area contributed by atoms with Crippen LogP contribution in [-0.2, 0) is 4.79 Å². The molecule has 4 heteroatoms. The molecule has 0 N–H and O–H groups in total. The zero-order valence-electron chi connectivity index (χ0n) is 11.6. The maximum atomic E-state index is 12.6. The first kappa shape index (κ1) is 13.6. The number of nitriles is 1. The molecule has 0 spiro atoms. The normalized spacial score (nSPS) is 24.3. The van der Waals surface area contributed by atoms with Gasteiger partial charge in [-0.25, -0.2) is 0 Å². The molecule has 1 amide bonds. The highest BCUT2D eigenvalue weighted by molar-refractivity contribution is 5.98. The van der Waals surface area contributed by atoms with E-state index in [0.717, 1.165) is 17.8 Å². The van der Waals surface area contributed by atoms with E-state index in [9.17, 15) is 4.79 Å². The molecule has 0 radical (unpaired) electrons. The van der Waals surface area contributed by atoms with Gasteiger partial charge < -0.3 is 4.90 Å². The van der Waals surface area contributed by atoms with Gasteiger partial charge in [0.25, 0.3) is 0 Å². The average Bonchev–Trinajstić information content (AvgIpc) is 2.34. The first-order valence-electron chi connectivity index (χ1n) is 6.51. The van der Waals surface area contributed by atoms with Crippen molar-refractivity contribution in [1.82, 2.24) is 4.90 Å². The molecule has 2 unspecified atom stereocenters. The number of carbonyl (C=O) groups is 1. The predicted molar refractivity (Wildman–Crippen MR) is 74.8 cm³/mol. The first-order chi connectivity index (χ1) is 9.04. The molecule has 1 aliphatic rings. The highest BCUT2D eigenvalue weighted by atomic mass is 16.2. The number of amides is 1. The van der Waals surface area contributed by atoms with Crippen LogP contribution in [0.2, 0.25) is 0 Å². The Morgan fingerprint density at radius 3 is 2.84 bits per heavy atom. The van der Waals surface area contributed by atoms with E-state index in [1.54, 1.807) is 0 Å². The van der Waals surface area contributed by atoms with Gasteiger partial charge in [-0.2, -0.15) is 5.26 Å².